The highest BCUT2D eigenvalue weighted by atomic mass is 32.2. The molecule has 0 heterocycles. The van der Waals surface area contributed by atoms with Crippen molar-refractivity contribution in [3.63, 3.8) is 0 Å². The van der Waals surface area contributed by atoms with Crippen LogP contribution < -0.4 is 10.0 Å². The Bertz CT molecular complexity index is 469. The number of carboxylic acid groups (broad SMARTS) is 1. The molecule has 0 aliphatic heterocycles. The van der Waals surface area contributed by atoms with E-state index in [1.807, 2.05) is 13.8 Å². The maximum atomic E-state index is 12.3. The fourth-order valence-corrected chi connectivity index (χ4v) is 2.76. The van der Waals surface area contributed by atoms with Crippen molar-refractivity contribution in [2.75, 3.05) is 6.26 Å². The van der Waals surface area contributed by atoms with Crippen LogP contribution in [0.1, 0.15) is 47.0 Å². The Hall–Kier alpha value is -1.15. The highest BCUT2D eigenvalue weighted by Crippen LogP contribution is 2.17. The van der Waals surface area contributed by atoms with Crippen LogP contribution in [0.5, 0.6) is 0 Å². The molecule has 8 heteroatoms. The molecular formula is C13H26N2O5S. The maximum absolute atomic E-state index is 12.3. The minimum Gasteiger partial charge on any atom is -0.480 e. The zero-order valence-electron chi connectivity index (χ0n) is 13.3. The van der Waals surface area contributed by atoms with Gasteiger partial charge in [0.2, 0.25) is 15.9 Å². The van der Waals surface area contributed by atoms with Crippen LogP contribution in [0.15, 0.2) is 0 Å². The first kappa shape index (κ1) is 19.9. The number of aliphatic carboxylic acids is 1. The molecule has 21 heavy (non-hydrogen) atoms. The van der Waals surface area contributed by atoms with Crippen LogP contribution in [0.3, 0.4) is 0 Å². The van der Waals surface area contributed by atoms with Gasteiger partial charge in [-0.15, -0.1) is 0 Å². The van der Waals surface area contributed by atoms with E-state index in [4.69, 9.17) is 0 Å². The summed E-state index contributed by atoms with van der Waals surface area (Å²) < 4.78 is 25.0. The fraction of sp³-hybridized carbons (Fsp3) is 0.846. The van der Waals surface area contributed by atoms with Gasteiger partial charge in [0.1, 0.15) is 11.6 Å². The van der Waals surface area contributed by atoms with E-state index in [1.165, 1.54) is 0 Å². The first-order valence-corrected chi connectivity index (χ1v) is 8.89. The second-order valence-corrected chi connectivity index (χ2v) is 7.44. The molecule has 0 aliphatic carbocycles. The molecule has 0 rings (SSSR count). The summed E-state index contributed by atoms with van der Waals surface area (Å²) in [6, 6.07) is -0.975. The number of nitrogens with one attached hydrogen (secondary N) is 2. The van der Waals surface area contributed by atoms with Crippen LogP contribution in [-0.4, -0.2) is 43.2 Å². The number of sulfonamides is 1. The van der Waals surface area contributed by atoms with Gasteiger partial charge in [-0.25, -0.2) is 17.9 Å². The lowest BCUT2D eigenvalue weighted by Gasteiger charge is -2.30. The molecule has 0 bridgehead atoms. The first-order valence-electron chi connectivity index (χ1n) is 7.00. The normalized spacial score (nSPS) is 14.0. The lowest BCUT2D eigenvalue weighted by atomic mass is 9.92. The molecule has 0 fully saturated rings. The molecule has 3 N–H and O–H groups in total. The molecule has 0 aromatic carbocycles. The maximum Gasteiger partial charge on any atom is 0.329 e. The molecular weight excluding hydrogens is 296 g/mol. The Morgan fingerprint density at radius 2 is 1.67 bits per heavy atom. The van der Waals surface area contributed by atoms with Crippen LogP contribution in [0, 0.1) is 5.92 Å². The van der Waals surface area contributed by atoms with Gasteiger partial charge in [0.25, 0.3) is 0 Å². The molecule has 0 spiro atoms. The van der Waals surface area contributed by atoms with Crippen LogP contribution in [0.4, 0.5) is 0 Å². The van der Waals surface area contributed by atoms with E-state index in [1.54, 1.807) is 13.8 Å². The number of amides is 1. The number of carbonyl (C=O) groups excluding carboxylic acids is 1. The van der Waals surface area contributed by atoms with Crippen LogP contribution in [0.25, 0.3) is 0 Å². The quantitative estimate of drug-likeness (QED) is 0.579. The van der Waals surface area contributed by atoms with Gasteiger partial charge in [-0.05, 0) is 25.2 Å². The molecule has 0 aromatic heterocycles. The first-order chi connectivity index (χ1) is 9.47. The summed E-state index contributed by atoms with van der Waals surface area (Å²) in [5, 5.41) is 11.8. The molecule has 0 saturated carbocycles. The number of hydrogen-bond acceptors (Lipinski definition) is 4. The SMILES string of the molecule is CCC(CC)(NC(=O)C(CC(C)C)NS(C)(=O)=O)C(=O)O. The summed E-state index contributed by atoms with van der Waals surface area (Å²) in [7, 11) is -3.56. The lowest BCUT2D eigenvalue weighted by molar-refractivity contribution is -0.148. The Kier molecular flexibility index (Phi) is 7.32. The highest BCUT2D eigenvalue weighted by molar-refractivity contribution is 7.88. The lowest BCUT2D eigenvalue weighted by Crippen LogP contribution is -2.59. The summed E-state index contributed by atoms with van der Waals surface area (Å²) >= 11 is 0. The summed E-state index contributed by atoms with van der Waals surface area (Å²) in [5.41, 5.74) is -1.37. The van der Waals surface area contributed by atoms with Gasteiger partial charge < -0.3 is 10.4 Å². The Morgan fingerprint density at radius 1 is 1.19 bits per heavy atom. The Morgan fingerprint density at radius 3 is 1.95 bits per heavy atom. The zero-order chi connectivity index (χ0) is 16.8. The van der Waals surface area contributed by atoms with Gasteiger partial charge in [-0.2, -0.15) is 0 Å². The molecule has 7 nitrogen and oxygen atoms in total. The van der Waals surface area contributed by atoms with Crippen molar-refractivity contribution in [1.29, 1.82) is 0 Å². The predicted molar refractivity (Wildman–Crippen MR) is 80.3 cm³/mol. The second kappa shape index (κ2) is 7.74. The van der Waals surface area contributed by atoms with Gasteiger partial charge in [0.05, 0.1) is 6.26 Å². The number of hydrogen-bond donors (Lipinski definition) is 3. The van der Waals surface area contributed by atoms with Gasteiger partial charge >= 0.3 is 5.97 Å². The Balaban J connectivity index is 5.24. The molecule has 124 valence electrons. The predicted octanol–water partition coefficient (Wildman–Crippen LogP) is 0.710. The largest absolute Gasteiger partial charge is 0.480 e. The van der Waals surface area contributed by atoms with E-state index in [2.05, 4.69) is 10.0 Å². The van der Waals surface area contributed by atoms with E-state index in [9.17, 15) is 23.1 Å². The molecule has 1 atom stereocenters. The van der Waals surface area contributed by atoms with E-state index >= 15 is 0 Å². The Labute approximate surface area is 126 Å². The van der Waals surface area contributed by atoms with Crippen LogP contribution >= 0.6 is 0 Å². The zero-order valence-corrected chi connectivity index (χ0v) is 14.1. The topological polar surface area (TPSA) is 113 Å². The fourth-order valence-electron chi connectivity index (χ4n) is 2.04. The van der Waals surface area contributed by atoms with Crippen molar-refractivity contribution in [3.8, 4) is 0 Å². The van der Waals surface area contributed by atoms with Gasteiger partial charge in [-0.3, -0.25) is 4.79 Å². The van der Waals surface area contributed by atoms with Gasteiger partial charge in [-0.1, -0.05) is 27.7 Å². The molecule has 0 saturated heterocycles. The minimum absolute atomic E-state index is 0.0810. The summed E-state index contributed by atoms with van der Waals surface area (Å²) in [4.78, 5) is 23.7. The number of rotatable bonds is 9. The second-order valence-electron chi connectivity index (χ2n) is 5.66. The van der Waals surface area contributed by atoms with Crippen molar-refractivity contribution in [2.45, 2.75) is 58.5 Å². The molecule has 0 radical (unpaired) electrons. The third-order valence-corrected chi connectivity index (χ3v) is 4.07. The smallest absolute Gasteiger partial charge is 0.329 e. The van der Waals surface area contributed by atoms with E-state index in [-0.39, 0.29) is 18.8 Å². The highest BCUT2D eigenvalue weighted by Gasteiger charge is 2.38. The number of carbonyl (C=O) groups is 2. The third-order valence-electron chi connectivity index (χ3n) is 3.36. The van der Waals surface area contributed by atoms with Crippen molar-refractivity contribution < 1.29 is 23.1 Å². The van der Waals surface area contributed by atoms with E-state index in [0.29, 0.717) is 6.42 Å². The van der Waals surface area contributed by atoms with E-state index < -0.39 is 33.5 Å². The third kappa shape index (κ3) is 6.43. The van der Waals surface area contributed by atoms with Crippen molar-refractivity contribution in [3.05, 3.63) is 0 Å². The van der Waals surface area contributed by atoms with Crippen molar-refractivity contribution in [1.82, 2.24) is 10.0 Å². The molecule has 0 aliphatic rings. The minimum atomic E-state index is -3.56. The molecule has 0 aromatic rings. The van der Waals surface area contributed by atoms with Crippen LogP contribution in [-0.2, 0) is 19.6 Å². The summed E-state index contributed by atoms with van der Waals surface area (Å²) in [6.45, 7) is 7.04. The van der Waals surface area contributed by atoms with Crippen molar-refractivity contribution >= 4 is 21.9 Å². The van der Waals surface area contributed by atoms with E-state index in [0.717, 1.165) is 6.26 Å². The average Bonchev–Trinajstić information content (AvgIpc) is 2.32. The molecule has 1 amide bonds. The molecule has 1 unspecified atom stereocenters. The number of carboxylic acids is 1. The van der Waals surface area contributed by atoms with Crippen molar-refractivity contribution in [2.24, 2.45) is 5.92 Å². The monoisotopic (exact) mass is 322 g/mol. The summed E-state index contributed by atoms with van der Waals surface area (Å²) in [5.74, 6) is -1.65. The van der Waals surface area contributed by atoms with Crippen LogP contribution in [0.2, 0.25) is 0 Å². The summed E-state index contributed by atoms with van der Waals surface area (Å²) in [6.07, 6.45) is 1.70. The average molecular weight is 322 g/mol. The van der Waals surface area contributed by atoms with Gasteiger partial charge in [0, 0.05) is 0 Å². The standard InChI is InChI=1S/C13H26N2O5S/c1-6-13(7-2,12(17)18)14-11(16)10(8-9(3)4)15-21(5,19)20/h9-10,15H,6-8H2,1-5H3,(H,14,16)(H,17,18). The van der Waals surface area contributed by atoms with Gasteiger partial charge in [0.15, 0.2) is 0 Å².